The molecule has 162 valence electrons. The van der Waals surface area contributed by atoms with Crippen molar-refractivity contribution in [2.75, 3.05) is 13.1 Å². The Bertz CT molecular complexity index is 1420. The molecule has 0 radical (unpaired) electrons. The molecule has 1 saturated heterocycles. The highest BCUT2D eigenvalue weighted by molar-refractivity contribution is 6.02. The number of piperidine rings is 1. The van der Waals surface area contributed by atoms with E-state index in [1.165, 1.54) is 12.1 Å². The highest BCUT2D eigenvalue weighted by Gasteiger charge is 2.24. The Labute approximate surface area is 182 Å². The van der Waals surface area contributed by atoms with E-state index in [2.05, 4.69) is 0 Å². The number of nitrogens with zero attached hydrogens (tertiary/aromatic N) is 1. The van der Waals surface area contributed by atoms with Crippen LogP contribution in [0.2, 0.25) is 0 Å². The normalized spacial score (nSPS) is 14.4. The molecule has 0 spiro atoms. The Morgan fingerprint density at radius 3 is 2.47 bits per heavy atom. The van der Waals surface area contributed by atoms with E-state index in [0.717, 1.165) is 16.5 Å². The van der Waals surface area contributed by atoms with Crippen molar-refractivity contribution in [1.29, 1.82) is 0 Å². The van der Waals surface area contributed by atoms with Gasteiger partial charge in [-0.1, -0.05) is 12.1 Å². The SMILES string of the molecule is Cc1c(CC(=O)N2CCC(=O)CC2)c(=O)oc2cc3occ(-c4ccc(F)cc4)c3cc12. The molecule has 2 aromatic carbocycles. The summed E-state index contributed by atoms with van der Waals surface area (Å²) in [5, 5.41) is 1.51. The van der Waals surface area contributed by atoms with Gasteiger partial charge >= 0.3 is 5.63 Å². The highest BCUT2D eigenvalue weighted by atomic mass is 19.1. The zero-order valence-electron chi connectivity index (χ0n) is 17.4. The largest absolute Gasteiger partial charge is 0.464 e. The molecule has 3 heterocycles. The molecule has 1 aliphatic heterocycles. The summed E-state index contributed by atoms with van der Waals surface area (Å²) in [7, 11) is 0. The fraction of sp³-hybridized carbons (Fsp3) is 0.240. The number of benzene rings is 2. The predicted octanol–water partition coefficient (Wildman–Crippen LogP) is 4.39. The van der Waals surface area contributed by atoms with Gasteiger partial charge in [-0.2, -0.15) is 0 Å². The van der Waals surface area contributed by atoms with E-state index in [1.807, 2.05) is 6.07 Å². The van der Waals surface area contributed by atoms with Crippen LogP contribution in [0.3, 0.4) is 0 Å². The van der Waals surface area contributed by atoms with Crippen molar-refractivity contribution >= 4 is 33.6 Å². The van der Waals surface area contributed by atoms with E-state index < -0.39 is 5.63 Å². The maximum Gasteiger partial charge on any atom is 0.340 e. The third-order valence-corrected chi connectivity index (χ3v) is 6.14. The second-order valence-corrected chi connectivity index (χ2v) is 8.09. The van der Waals surface area contributed by atoms with E-state index >= 15 is 0 Å². The number of amides is 1. The lowest BCUT2D eigenvalue weighted by molar-refractivity contribution is -0.133. The molecule has 1 fully saturated rings. The fourth-order valence-corrected chi connectivity index (χ4v) is 4.24. The summed E-state index contributed by atoms with van der Waals surface area (Å²) >= 11 is 0. The van der Waals surface area contributed by atoms with Gasteiger partial charge in [-0.25, -0.2) is 9.18 Å². The quantitative estimate of drug-likeness (QED) is 0.448. The first-order valence-corrected chi connectivity index (χ1v) is 10.4. The number of likely N-dealkylation sites (tertiary alicyclic amines) is 1. The van der Waals surface area contributed by atoms with Crippen molar-refractivity contribution in [3.05, 3.63) is 70.0 Å². The first-order valence-electron chi connectivity index (χ1n) is 10.4. The van der Waals surface area contributed by atoms with Gasteiger partial charge in [-0.3, -0.25) is 9.59 Å². The number of carbonyl (C=O) groups is 2. The van der Waals surface area contributed by atoms with Gasteiger partial charge in [-0.05, 0) is 36.2 Å². The molecule has 0 N–H and O–H groups in total. The number of Topliss-reactive ketones (excluding diaryl/α,β-unsaturated/α-hetero) is 1. The van der Waals surface area contributed by atoms with Gasteiger partial charge in [0.25, 0.3) is 0 Å². The Kier molecular flexibility index (Phi) is 4.89. The topological polar surface area (TPSA) is 80.7 Å². The van der Waals surface area contributed by atoms with E-state index in [4.69, 9.17) is 8.83 Å². The third kappa shape index (κ3) is 3.49. The standard InChI is InChI=1S/C25H20FNO5/c1-14-18-10-20-21(15-2-4-16(26)5-3-15)13-31-22(20)12-23(18)32-25(30)19(14)11-24(29)27-8-6-17(28)7-9-27/h2-5,10,12-13H,6-9,11H2,1H3. The summed E-state index contributed by atoms with van der Waals surface area (Å²) in [4.78, 5) is 38.5. The number of carbonyl (C=O) groups excluding carboxylic acids is 2. The first-order chi connectivity index (χ1) is 15.4. The lowest BCUT2D eigenvalue weighted by atomic mass is 9.99. The molecule has 0 bridgehead atoms. The van der Waals surface area contributed by atoms with Gasteiger partial charge in [0.15, 0.2) is 0 Å². The molecule has 0 aliphatic carbocycles. The molecule has 0 atom stereocenters. The number of furan rings is 1. The molecule has 32 heavy (non-hydrogen) atoms. The maximum atomic E-state index is 13.3. The van der Waals surface area contributed by atoms with E-state index in [1.54, 1.807) is 36.3 Å². The summed E-state index contributed by atoms with van der Waals surface area (Å²) in [5.41, 5.74) is 2.94. The van der Waals surface area contributed by atoms with Crippen LogP contribution < -0.4 is 5.63 Å². The van der Waals surface area contributed by atoms with Crippen molar-refractivity contribution in [3.8, 4) is 11.1 Å². The number of hydrogen-bond donors (Lipinski definition) is 0. The molecule has 2 aromatic heterocycles. The molecular formula is C25H20FNO5. The van der Waals surface area contributed by atoms with Gasteiger partial charge in [0.05, 0.1) is 18.2 Å². The summed E-state index contributed by atoms with van der Waals surface area (Å²) in [6.45, 7) is 2.56. The zero-order valence-corrected chi connectivity index (χ0v) is 17.4. The number of fused-ring (bicyclic) bond motifs is 2. The summed E-state index contributed by atoms with van der Waals surface area (Å²) in [6, 6.07) is 9.66. The van der Waals surface area contributed by atoms with E-state index in [9.17, 15) is 18.8 Å². The number of rotatable bonds is 3. The Morgan fingerprint density at radius 2 is 1.75 bits per heavy atom. The van der Waals surface area contributed by atoms with Gasteiger partial charge in [0.1, 0.15) is 22.8 Å². The van der Waals surface area contributed by atoms with E-state index in [0.29, 0.717) is 53.6 Å². The molecule has 4 aromatic rings. The number of halogens is 1. The Hall–Kier alpha value is -3.74. The van der Waals surface area contributed by atoms with Crippen LogP contribution in [0.15, 0.2) is 56.3 Å². The minimum Gasteiger partial charge on any atom is -0.464 e. The molecule has 6 nitrogen and oxygen atoms in total. The molecular weight excluding hydrogens is 413 g/mol. The predicted molar refractivity (Wildman–Crippen MR) is 117 cm³/mol. The van der Waals surface area contributed by atoms with Gasteiger partial charge < -0.3 is 13.7 Å². The van der Waals surface area contributed by atoms with E-state index in [-0.39, 0.29) is 23.9 Å². The molecule has 7 heteroatoms. The second kappa shape index (κ2) is 7.75. The molecule has 1 amide bonds. The Morgan fingerprint density at radius 1 is 1.03 bits per heavy atom. The van der Waals surface area contributed by atoms with Crippen LogP contribution in [0.4, 0.5) is 4.39 Å². The number of aryl methyl sites for hydroxylation is 1. The van der Waals surface area contributed by atoms with Gasteiger partial charge in [0, 0.05) is 48.3 Å². The minimum atomic E-state index is -0.555. The lowest BCUT2D eigenvalue weighted by Gasteiger charge is -2.26. The van der Waals surface area contributed by atoms with Crippen LogP contribution in [0.1, 0.15) is 24.0 Å². The first kappa shape index (κ1) is 20.2. The molecule has 0 unspecified atom stereocenters. The summed E-state index contributed by atoms with van der Waals surface area (Å²) in [6.07, 6.45) is 2.21. The average molecular weight is 433 g/mol. The number of ketones is 1. The third-order valence-electron chi connectivity index (χ3n) is 6.14. The van der Waals surface area contributed by atoms with Crippen molar-refractivity contribution in [3.63, 3.8) is 0 Å². The van der Waals surface area contributed by atoms with Gasteiger partial charge in [0.2, 0.25) is 5.91 Å². The van der Waals surface area contributed by atoms with Crippen LogP contribution >= 0.6 is 0 Å². The summed E-state index contributed by atoms with van der Waals surface area (Å²) in [5.74, 6) is -0.364. The van der Waals surface area contributed by atoms with Crippen LogP contribution in [-0.4, -0.2) is 29.7 Å². The smallest absolute Gasteiger partial charge is 0.340 e. The average Bonchev–Trinajstić information content (AvgIpc) is 3.19. The van der Waals surface area contributed by atoms with Crippen molar-refractivity contribution in [1.82, 2.24) is 4.90 Å². The number of hydrogen-bond acceptors (Lipinski definition) is 5. The molecule has 0 saturated carbocycles. The maximum absolute atomic E-state index is 13.3. The minimum absolute atomic E-state index is 0.0768. The highest BCUT2D eigenvalue weighted by Crippen LogP contribution is 2.34. The van der Waals surface area contributed by atoms with Gasteiger partial charge in [-0.15, -0.1) is 0 Å². The second-order valence-electron chi connectivity index (χ2n) is 8.09. The van der Waals surface area contributed by atoms with Crippen LogP contribution in [0.5, 0.6) is 0 Å². The van der Waals surface area contributed by atoms with Crippen LogP contribution in [-0.2, 0) is 16.0 Å². The monoisotopic (exact) mass is 433 g/mol. The lowest BCUT2D eigenvalue weighted by Crippen LogP contribution is -2.40. The van der Waals surface area contributed by atoms with Crippen molar-refractivity contribution in [2.24, 2.45) is 0 Å². The van der Waals surface area contributed by atoms with Crippen LogP contribution in [0, 0.1) is 12.7 Å². The van der Waals surface area contributed by atoms with Crippen molar-refractivity contribution < 1.29 is 22.8 Å². The molecule has 1 aliphatic rings. The zero-order chi connectivity index (χ0) is 22.4. The fourth-order valence-electron chi connectivity index (χ4n) is 4.24. The van der Waals surface area contributed by atoms with Crippen LogP contribution in [0.25, 0.3) is 33.1 Å². The summed E-state index contributed by atoms with van der Waals surface area (Å²) < 4.78 is 24.5. The van der Waals surface area contributed by atoms with Crippen molar-refractivity contribution in [2.45, 2.75) is 26.2 Å². The molecule has 5 rings (SSSR count). The Balaban J connectivity index is 1.56.